The van der Waals surface area contributed by atoms with Crippen LogP contribution in [0, 0.1) is 5.92 Å². The van der Waals surface area contributed by atoms with Gasteiger partial charge in [-0.3, -0.25) is 33.5 Å². The molecule has 5 atom stereocenters. The summed E-state index contributed by atoms with van der Waals surface area (Å²) in [6, 6.07) is 33.5. The Morgan fingerprint density at radius 1 is 0.875 bits per heavy atom. The Morgan fingerprint density at radius 3 is 1.95 bits per heavy atom. The topological polar surface area (TPSA) is 176 Å². The van der Waals surface area contributed by atoms with Crippen molar-refractivity contribution in [3.8, 4) is 11.5 Å². The summed E-state index contributed by atoms with van der Waals surface area (Å²) in [4.78, 5) is 50.0. The highest BCUT2D eigenvalue weighted by atomic mass is 32.2. The average Bonchev–Trinajstić information content (AvgIpc) is 3.84. The summed E-state index contributed by atoms with van der Waals surface area (Å²) in [6.07, 6.45) is -0.455. The molecule has 1 aliphatic heterocycles. The second-order valence-electron chi connectivity index (χ2n) is 17.5. The van der Waals surface area contributed by atoms with Gasteiger partial charge in [-0.25, -0.2) is 4.98 Å². The molecule has 17 heteroatoms. The number of imidazole rings is 1. The van der Waals surface area contributed by atoms with E-state index in [4.69, 9.17) is 28.1 Å². The number of nitrogens with one attached hydrogen (secondary N) is 2. The number of aromatic amines is 1. The number of H-pyrrole nitrogens is 1. The van der Waals surface area contributed by atoms with Crippen LogP contribution in [0.15, 0.2) is 120 Å². The van der Waals surface area contributed by atoms with Crippen LogP contribution in [0.1, 0.15) is 56.7 Å². The van der Waals surface area contributed by atoms with E-state index in [1.807, 2.05) is 78.9 Å². The summed E-state index contributed by atoms with van der Waals surface area (Å²) in [7, 11) is -4.02. The molecular weight excluding hydrogens is 870 g/mol. The van der Waals surface area contributed by atoms with Crippen molar-refractivity contribution in [3.05, 3.63) is 143 Å². The van der Waals surface area contributed by atoms with E-state index in [-0.39, 0.29) is 45.9 Å². The molecule has 1 fully saturated rings. The number of rotatable bonds is 16. The second kappa shape index (κ2) is 18.8. The molecular formula is C47H56N5O9PSSi. The zero-order valence-corrected chi connectivity index (χ0v) is 40.2. The first-order valence-electron chi connectivity index (χ1n) is 21.0. The first-order valence-corrected chi connectivity index (χ1v) is 26.5. The summed E-state index contributed by atoms with van der Waals surface area (Å²) in [5.74, 6) is 0.588. The summed E-state index contributed by atoms with van der Waals surface area (Å²) in [5.41, 5.74) is 0.881. The van der Waals surface area contributed by atoms with E-state index in [0.717, 1.165) is 16.7 Å². The Bertz CT molecular complexity index is 2610. The van der Waals surface area contributed by atoms with Crippen LogP contribution in [-0.4, -0.2) is 76.9 Å². The van der Waals surface area contributed by atoms with Crippen LogP contribution < -0.4 is 25.7 Å². The molecule has 3 heterocycles. The number of anilines is 1. The third-order valence-electron chi connectivity index (χ3n) is 12.0. The first kappa shape index (κ1) is 46.9. The van der Waals surface area contributed by atoms with Crippen LogP contribution >= 0.6 is 19.4 Å². The maximum atomic E-state index is 14.6. The number of methoxy groups -OCH3 is 2. The lowest BCUT2D eigenvalue weighted by atomic mass is 9.80. The van der Waals surface area contributed by atoms with Gasteiger partial charge in [-0.1, -0.05) is 107 Å². The van der Waals surface area contributed by atoms with E-state index in [2.05, 4.69) is 49.1 Å². The summed E-state index contributed by atoms with van der Waals surface area (Å²) >= 11 is 1.41. The van der Waals surface area contributed by atoms with Crippen LogP contribution in [0.3, 0.4) is 0 Å². The molecule has 1 aliphatic rings. The number of ether oxygens (including phenoxy) is 3. The van der Waals surface area contributed by atoms with Gasteiger partial charge in [-0.2, -0.15) is 4.98 Å². The molecule has 7 rings (SSSR count). The van der Waals surface area contributed by atoms with Crippen LogP contribution in [-0.2, 0) is 28.6 Å². The van der Waals surface area contributed by atoms with Crippen LogP contribution in [0.25, 0.3) is 11.2 Å². The van der Waals surface area contributed by atoms with Crippen LogP contribution in [0.4, 0.5) is 5.95 Å². The average molecular weight is 926 g/mol. The molecule has 64 heavy (non-hydrogen) atoms. The highest BCUT2D eigenvalue weighted by Gasteiger charge is 2.54. The molecule has 0 bridgehead atoms. The summed E-state index contributed by atoms with van der Waals surface area (Å²) in [6.45, 7) is 14.0. The van der Waals surface area contributed by atoms with Crippen molar-refractivity contribution < 1.29 is 37.4 Å². The van der Waals surface area contributed by atoms with Crippen molar-refractivity contribution in [3.63, 3.8) is 0 Å². The maximum Gasteiger partial charge on any atom is 0.359 e. The van der Waals surface area contributed by atoms with Gasteiger partial charge in [0.1, 0.15) is 34.7 Å². The molecule has 0 saturated carbocycles. The maximum absolute atomic E-state index is 14.6. The quantitative estimate of drug-likeness (QED) is 0.0479. The van der Waals surface area contributed by atoms with E-state index >= 15 is 0 Å². The predicted molar refractivity (Wildman–Crippen MR) is 253 cm³/mol. The zero-order chi connectivity index (χ0) is 46.0. The zero-order valence-electron chi connectivity index (χ0n) is 37.5. The van der Waals surface area contributed by atoms with E-state index in [1.165, 1.54) is 18.1 Å². The van der Waals surface area contributed by atoms with Crippen molar-refractivity contribution >= 4 is 56.0 Å². The molecule has 14 nitrogen and oxygen atoms in total. The molecule has 1 amide bonds. The Kier molecular flexibility index (Phi) is 13.8. The van der Waals surface area contributed by atoms with Gasteiger partial charge in [0, 0.05) is 5.92 Å². The lowest BCUT2D eigenvalue weighted by molar-refractivity contribution is -0.118. The molecule has 3 N–H and O–H groups in total. The number of carbonyl (C=O) groups excluding carboxylic acids is 1. The number of carbonyl (C=O) groups is 1. The summed E-state index contributed by atoms with van der Waals surface area (Å²) < 4.78 is 48.7. The third-order valence-corrected chi connectivity index (χ3v) is 19.5. The van der Waals surface area contributed by atoms with Gasteiger partial charge in [-0.05, 0) is 71.2 Å². The normalized spacial score (nSPS) is 19.1. The minimum Gasteiger partial charge on any atom is -0.497 e. The smallest absolute Gasteiger partial charge is 0.359 e. The summed E-state index contributed by atoms with van der Waals surface area (Å²) in [5, 5.41) is 1.14. The van der Waals surface area contributed by atoms with E-state index in [1.54, 1.807) is 63.0 Å². The van der Waals surface area contributed by atoms with Crippen molar-refractivity contribution in [1.82, 2.24) is 19.5 Å². The number of amides is 1. The van der Waals surface area contributed by atoms with E-state index in [0.29, 0.717) is 11.5 Å². The fourth-order valence-electron chi connectivity index (χ4n) is 7.39. The van der Waals surface area contributed by atoms with Gasteiger partial charge >= 0.3 is 7.60 Å². The molecule has 6 aromatic rings. The number of hydrogen-bond donors (Lipinski definition) is 3. The van der Waals surface area contributed by atoms with E-state index in [9.17, 15) is 19.0 Å². The number of benzene rings is 4. The highest BCUT2D eigenvalue weighted by Crippen LogP contribution is 2.55. The fraction of sp³-hybridized carbons (Fsp3) is 0.362. The minimum absolute atomic E-state index is 0.0265. The van der Waals surface area contributed by atoms with Gasteiger partial charge in [0.05, 0.1) is 37.7 Å². The van der Waals surface area contributed by atoms with Crippen molar-refractivity contribution in [2.24, 2.45) is 5.92 Å². The monoisotopic (exact) mass is 925 g/mol. The van der Waals surface area contributed by atoms with E-state index < -0.39 is 49.9 Å². The molecule has 1 unspecified atom stereocenters. The Labute approximate surface area is 378 Å². The SMILES string of the molecule is COc1ccc(C(OC[C@H]2S[C@@H](n3cnc4c(=O)[nH]c(NC(=O)C(C)C)nc43)[C@H](O[Si](C)(C)C(C)(C)C)[C@@H]2OP(=O)(O)c2ccccc2)(c2ccccc2)c2ccc(OC)cc2)cc1. The number of hydrogen-bond acceptors (Lipinski definition) is 11. The van der Waals surface area contributed by atoms with Gasteiger partial charge in [-0.15, -0.1) is 11.8 Å². The Morgan fingerprint density at radius 2 is 1.42 bits per heavy atom. The molecule has 1 saturated heterocycles. The lowest BCUT2D eigenvalue weighted by Gasteiger charge is -2.41. The number of aromatic nitrogens is 4. The van der Waals surface area contributed by atoms with Crippen LogP contribution in [0.2, 0.25) is 18.1 Å². The Hall–Kier alpha value is -5.06. The van der Waals surface area contributed by atoms with Gasteiger partial charge in [0.25, 0.3) is 5.56 Å². The van der Waals surface area contributed by atoms with Crippen LogP contribution in [0.5, 0.6) is 11.5 Å². The largest absolute Gasteiger partial charge is 0.497 e. The molecule has 0 spiro atoms. The highest BCUT2D eigenvalue weighted by molar-refractivity contribution is 8.00. The molecule has 338 valence electrons. The van der Waals surface area contributed by atoms with Gasteiger partial charge < -0.3 is 23.5 Å². The third kappa shape index (κ3) is 9.50. The molecule has 0 radical (unpaired) electrons. The fourth-order valence-corrected chi connectivity index (χ4v) is 11.7. The van der Waals surface area contributed by atoms with Crippen molar-refractivity contribution in [2.75, 3.05) is 26.1 Å². The Balaban J connectivity index is 1.42. The number of fused-ring (bicyclic) bond motifs is 1. The number of thioether (sulfide) groups is 1. The standard InChI is InChI=1S/C47H56N5O9PSSi/c1-30(2)42(53)50-45-49-41-38(43(54)51-45)48-29-52(41)44-40(61-64(8,9)46(3,4)5)39(60-62(55,56)36-18-14-11-15-19-36)37(63-44)28-59-47(31-16-12-10-13-17-31,32-20-24-34(57-6)25-21-32)33-22-26-35(58-7)27-23-33/h10-27,29-30,37,39-40,44H,28H2,1-9H3,(H,55,56)(H2,49,50,51,53,54)/t37-,39-,40-,44-/m1/s1. The van der Waals surface area contributed by atoms with Gasteiger partial charge in [0.2, 0.25) is 11.9 Å². The number of nitrogens with zero attached hydrogens (tertiary/aromatic N) is 3. The second-order valence-corrected chi connectivity index (χ2v) is 25.4. The molecule has 2 aromatic heterocycles. The first-order chi connectivity index (χ1) is 30.4. The van der Waals surface area contributed by atoms with Crippen molar-refractivity contribution in [2.45, 2.75) is 81.2 Å². The minimum atomic E-state index is -4.53. The van der Waals surface area contributed by atoms with Gasteiger partial charge in [0.15, 0.2) is 19.5 Å². The molecule has 0 aliphatic carbocycles. The van der Waals surface area contributed by atoms with Crippen molar-refractivity contribution in [1.29, 1.82) is 0 Å². The molecule has 4 aromatic carbocycles. The predicted octanol–water partition coefficient (Wildman–Crippen LogP) is 8.64. The lowest BCUT2D eigenvalue weighted by Crippen LogP contribution is -2.49.